The molecule has 0 unspecified atom stereocenters. The van der Waals surface area contributed by atoms with Gasteiger partial charge in [0.15, 0.2) is 5.17 Å². The lowest BCUT2D eigenvalue weighted by Crippen LogP contribution is -2.19. The van der Waals surface area contributed by atoms with Crippen molar-refractivity contribution >= 4 is 46.2 Å². The summed E-state index contributed by atoms with van der Waals surface area (Å²) in [7, 11) is 0. The Labute approximate surface area is 195 Å². The zero-order chi connectivity index (χ0) is 22.5. The molecule has 1 N–H and O–H groups in total. The van der Waals surface area contributed by atoms with Crippen molar-refractivity contribution in [2.24, 2.45) is 4.99 Å². The molecule has 1 saturated heterocycles. The van der Waals surface area contributed by atoms with Gasteiger partial charge < -0.3 is 10.1 Å². The summed E-state index contributed by atoms with van der Waals surface area (Å²) < 4.78 is 5.80. The van der Waals surface area contributed by atoms with Crippen LogP contribution in [0.25, 0.3) is 6.08 Å². The number of amidine groups is 1. The Kier molecular flexibility index (Phi) is 6.60. The Bertz CT molecular complexity index is 1280. The molecule has 3 aromatic carbocycles. The van der Waals surface area contributed by atoms with E-state index in [9.17, 15) is 10.1 Å². The minimum absolute atomic E-state index is 0.193. The van der Waals surface area contributed by atoms with Gasteiger partial charge in [0, 0.05) is 10.6 Å². The monoisotopic (exact) mass is 459 g/mol. The first-order chi connectivity index (χ1) is 15.5. The van der Waals surface area contributed by atoms with Crippen LogP contribution in [0.5, 0.6) is 5.75 Å². The van der Waals surface area contributed by atoms with Crippen LogP contribution >= 0.6 is 23.4 Å². The molecular weight excluding hydrogens is 442 g/mol. The van der Waals surface area contributed by atoms with Gasteiger partial charge in [-0.1, -0.05) is 48.0 Å². The second kappa shape index (κ2) is 9.73. The second-order valence-corrected chi connectivity index (χ2v) is 8.43. The number of aliphatic imine (C=N–C) groups is 1. The molecule has 0 radical (unpaired) electrons. The van der Waals surface area contributed by atoms with E-state index in [-0.39, 0.29) is 5.91 Å². The summed E-state index contributed by atoms with van der Waals surface area (Å²) in [4.78, 5) is 17.4. The highest BCUT2D eigenvalue weighted by Crippen LogP contribution is 2.31. The molecule has 0 aliphatic carbocycles. The van der Waals surface area contributed by atoms with Gasteiger partial charge in [-0.25, -0.2) is 4.99 Å². The maximum absolute atomic E-state index is 12.4. The summed E-state index contributed by atoms with van der Waals surface area (Å²) >= 11 is 7.43. The number of ether oxygens (including phenoxy) is 1. The van der Waals surface area contributed by atoms with Crippen LogP contribution in [0.4, 0.5) is 5.69 Å². The predicted octanol–water partition coefficient (Wildman–Crippen LogP) is 5.99. The average Bonchev–Trinajstić information content (AvgIpc) is 3.15. The Hall–Kier alpha value is -3.53. The minimum atomic E-state index is -0.193. The molecule has 158 valence electrons. The molecule has 0 bridgehead atoms. The molecule has 0 saturated carbocycles. The van der Waals surface area contributed by atoms with Gasteiger partial charge in [-0.05, 0) is 66.2 Å². The van der Waals surface area contributed by atoms with E-state index in [1.54, 1.807) is 6.07 Å². The van der Waals surface area contributed by atoms with Crippen LogP contribution < -0.4 is 10.1 Å². The number of rotatable bonds is 5. The molecule has 1 heterocycles. The van der Waals surface area contributed by atoms with Gasteiger partial charge in [-0.3, -0.25) is 4.79 Å². The largest absolute Gasteiger partial charge is 0.489 e. The van der Waals surface area contributed by atoms with Crippen LogP contribution in [0, 0.1) is 18.3 Å². The van der Waals surface area contributed by atoms with Gasteiger partial charge in [0.25, 0.3) is 5.91 Å². The number of carbonyl (C=O) groups excluding carboxylic acids is 1. The molecule has 32 heavy (non-hydrogen) atoms. The van der Waals surface area contributed by atoms with E-state index >= 15 is 0 Å². The molecular formula is C25H18ClN3O2S. The van der Waals surface area contributed by atoms with Crippen molar-refractivity contribution in [1.82, 2.24) is 5.32 Å². The zero-order valence-corrected chi connectivity index (χ0v) is 18.7. The van der Waals surface area contributed by atoms with Gasteiger partial charge in [0.2, 0.25) is 0 Å². The second-order valence-electron chi connectivity index (χ2n) is 6.99. The molecule has 1 amide bonds. The molecule has 3 aromatic rings. The SMILES string of the molecule is Cc1c(Cl)cccc1N=C1NC(=O)/C(=C/c2ccc(OCc3ccccc3C#N)cc2)S1. The van der Waals surface area contributed by atoms with Gasteiger partial charge in [0.05, 0.1) is 22.2 Å². The number of carbonyl (C=O) groups is 1. The van der Waals surface area contributed by atoms with Gasteiger partial charge in [-0.15, -0.1) is 0 Å². The van der Waals surface area contributed by atoms with E-state index in [2.05, 4.69) is 16.4 Å². The number of halogens is 1. The van der Waals surface area contributed by atoms with Crippen LogP contribution in [0.3, 0.4) is 0 Å². The van der Waals surface area contributed by atoms with Crippen molar-refractivity contribution in [1.29, 1.82) is 5.26 Å². The summed E-state index contributed by atoms with van der Waals surface area (Å²) in [5.74, 6) is 0.490. The maximum Gasteiger partial charge on any atom is 0.264 e. The lowest BCUT2D eigenvalue weighted by atomic mass is 10.1. The fraction of sp³-hybridized carbons (Fsp3) is 0.0800. The van der Waals surface area contributed by atoms with Crippen molar-refractivity contribution in [3.8, 4) is 11.8 Å². The number of amides is 1. The lowest BCUT2D eigenvalue weighted by Gasteiger charge is -2.07. The first-order valence-corrected chi connectivity index (χ1v) is 11.0. The van der Waals surface area contributed by atoms with E-state index in [0.717, 1.165) is 22.4 Å². The van der Waals surface area contributed by atoms with E-state index in [1.807, 2.05) is 73.7 Å². The number of benzene rings is 3. The third kappa shape index (κ3) is 5.02. The Balaban J connectivity index is 1.44. The molecule has 7 heteroatoms. The number of nitriles is 1. The number of nitrogens with one attached hydrogen (secondary N) is 1. The molecule has 0 atom stereocenters. The third-order valence-electron chi connectivity index (χ3n) is 4.82. The van der Waals surface area contributed by atoms with E-state index < -0.39 is 0 Å². The summed E-state index contributed by atoms with van der Waals surface area (Å²) in [6.07, 6.45) is 1.81. The molecule has 1 fully saturated rings. The van der Waals surface area contributed by atoms with Crippen LogP contribution in [-0.4, -0.2) is 11.1 Å². The van der Waals surface area contributed by atoms with E-state index in [0.29, 0.717) is 33.0 Å². The third-order valence-corrected chi connectivity index (χ3v) is 6.14. The highest BCUT2D eigenvalue weighted by Gasteiger charge is 2.24. The van der Waals surface area contributed by atoms with Gasteiger partial charge in [0.1, 0.15) is 12.4 Å². The lowest BCUT2D eigenvalue weighted by molar-refractivity contribution is -0.115. The first-order valence-electron chi connectivity index (χ1n) is 9.79. The highest BCUT2D eigenvalue weighted by molar-refractivity contribution is 8.18. The maximum atomic E-state index is 12.4. The standard InChI is InChI=1S/C25H18ClN3O2S/c1-16-21(26)7-4-8-22(16)28-25-29-24(30)23(32-25)13-17-9-11-20(12-10-17)31-15-19-6-3-2-5-18(19)14-27/h2-13H,15H2,1H3,(H,28,29,30)/b23-13-. The Morgan fingerprint density at radius 3 is 2.69 bits per heavy atom. The van der Waals surface area contributed by atoms with Crippen LogP contribution in [0.2, 0.25) is 5.02 Å². The minimum Gasteiger partial charge on any atom is -0.489 e. The predicted molar refractivity (Wildman–Crippen MR) is 129 cm³/mol. The van der Waals surface area contributed by atoms with Gasteiger partial charge >= 0.3 is 0 Å². The van der Waals surface area contributed by atoms with Crippen LogP contribution in [0.15, 0.2) is 76.6 Å². The fourth-order valence-electron chi connectivity index (χ4n) is 3.04. The number of thioether (sulfide) groups is 1. The summed E-state index contributed by atoms with van der Waals surface area (Å²) in [6, 6.07) is 22.4. The number of hydrogen-bond acceptors (Lipinski definition) is 5. The molecule has 5 nitrogen and oxygen atoms in total. The van der Waals surface area contributed by atoms with Crippen molar-refractivity contribution in [3.63, 3.8) is 0 Å². The normalized spacial score (nSPS) is 15.6. The topological polar surface area (TPSA) is 74.5 Å². The molecule has 0 aromatic heterocycles. The Morgan fingerprint density at radius 1 is 1.12 bits per heavy atom. The van der Waals surface area contributed by atoms with Crippen molar-refractivity contribution in [2.75, 3.05) is 0 Å². The quantitative estimate of drug-likeness (QED) is 0.475. The Morgan fingerprint density at radius 2 is 1.91 bits per heavy atom. The van der Waals surface area contributed by atoms with Crippen molar-refractivity contribution < 1.29 is 9.53 Å². The summed E-state index contributed by atoms with van der Waals surface area (Å²) in [5, 5.41) is 13.1. The summed E-state index contributed by atoms with van der Waals surface area (Å²) in [6.45, 7) is 2.20. The molecule has 4 rings (SSSR count). The van der Waals surface area contributed by atoms with Gasteiger partial charge in [-0.2, -0.15) is 5.26 Å². The van der Waals surface area contributed by atoms with Crippen LogP contribution in [-0.2, 0) is 11.4 Å². The number of hydrogen-bond donors (Lipinski definition) is 1. The smallest absolute Gasteiger partial charge is 0.264 e. The molecule has 0 spiro atoms. The van der Waals surface area contributed by atoms with Crippen LogP contribution in [0.1, 0.15) is 22.3 Å². The summed E-state index contributed by atoms with van der Waals surface area (Å²) in [5.41, 5.74) is 3.89. The molecule has 1 aliphatic heterocycles. The van der Waals surface area contributed by atoms with E-state index in [1.165, 1.54) is 11.8 Å². The highest BCUT2D eigenvalue weighted by atomic mass is 35.5. The van der Waals surface area contributed by atoms with Crippen molar-refractivity contribution in [3.05, 3.63) is 98.9 Å². The fourth-order valence-corrected chi connectivity index (χ4v) is 4.04. The molecule has 1 aliphatic rings. The first kappa shape index (κ1) is 21.7. The average molecular weight is 460 g/mol. The van der Waals surface area contributed by atoms with Crippen molar-refractivity contribution in [2.45, 2.75) is 13.5 Å². The number of nitrogens with zero attached hydrogens (tertiary/aromatic N) is 2. The van der Waals surface area contributed by atoms with E-state index in [4.69, 9.17) is 16.3 Å². The zero-order valence-electron chi connectivity index (χ0n) is 17.1.